The number of fused-ring (bicyclic) bond motifs is 1. The van der Waals surface area contributed by atoms with Crippen LogP contribution in [0.25, 0.3) is 11.0 Å². The monoisotopic (exact) mass is 302 g/mol. The Kier molecular flexibility index (Phi) is 4.02. The summed E-state index contributed by atoms with van der Waals surface area (Å²) in [6.45, 7) is 5.42. The van der Waals surface area contributed by atoms with Crippen molar-refractivity contribution in [1.29, 1.82) is 0 Å². The van der Waals surface area contributed by atoms with Crippen molar-refractivity contribution in [2.24, 2.45) is 0 Å². The number of nitrogens with zero attached hydrogens (tertiary/aromatic N) is 2. The summed E-state index contributed by atoms with van der Waals surface area (Å²) in [5.74, 6) is -0.755. The first-order valence-electron chi connectivity index (χ1n) is 7.50. The summed E-state index contributed by atoms with van der Waals surface area (Å²) in [4.78, 5) is 21.3. The fourth-order valence-corrected chi connectivity index (χ4v) is 2.70. The van der Waals surface area contributed by atoms with E-state index in [1.54, 1.807) is 0 Å². The predicted molar refractivity (Wildman–Crippen MR) is 82.3 cm³/mol. The summed E-state index contributed by atoms with van der Waals surface area (Å²) in [5.41, 5.74) is 2.61. The van der Waals surface area contributed by atoms with Crippen LogP contribution in [-0.2, 0) is 0 Å². The molecule has 2 heterocycles. The van der Waals surface area contributed by atoms with E-state index in [1.807, 2.05) is 13.8 Å². The van der Waals surface area contributed by atoms with Crippen LogP contribution in [0.2, 0.25) is 0 Å². The highest BCUT2D eigenvalue weighted by Gasteiger charge is 2.20. The number of nitrogens with one attached hydrogen (secondary N) is 2. The van der Waals surface area contributed by atoms with Crippen molar-refractivity contribution in [3.63, 3.8) is 0 Å². The van der Waals surface area contributed by atoms with Gasteiger partial charge < -0.3 is 10.6 Å². The van der Waals surface area contributed by atoms with Gasteiger partial charge in [-0.25, -0.2) is 14.4 Å². The Balaban J connectivity index is 1.97. The van der Waals surface area contributed by atoms with E-state index in [0.717, 1.165) is 37.3 Å². The quantitative estimate of drug-likeness (QED) is 0.889. The molecule has 116 valence electrons. The van der Waals surface area contributed by atoms with Gasteiger partial charge in [0, 0.05) is 12.1 Å². The van der Waals surface area contributed by atoms with Gasteiger partial charge in [-0.1, -0.05) is 0 Å². The summed E-state index contributed by atoms with van der Waals surface area (Å²) in [5, 5.41) is 6.22. The zero-order chi connectivity index (χ0) is 15.7. The number of aromatic nitrogens is 2. The molecule has 0 unspecified atom stereocenters. The van der Waals surface area contributed by atoms with Crippen LogP contribution in [0.5, 0.6) is 0 Å². The van der Waals surface area contributed by atoms with Gasteiger partial charge in [-0.2, -0.15) is 0 Å². The minimum atomic E-state index is -0.472. The fourth-order valence-electron chi connectivity index (χ4n) is 2.70. The van der Waals surface area contributed by atoms with Gasteiger partial charge in [0.15, 0.2) is 0 Å². The van der Waals surface area contributed by atoms with E-state index < -0.39 is 5.82 Å². The highest BCUT2D eigenvalue weighted by atomic mass is 19.1. The van der Waals surface area contributed by atoms with E-state index in [-0.39, 0.29) is 17.5 Å². The molecule has 0 radical (unpaired) electrons. The van der Waals surface area contributed by atoms with Crippen LogP contribution in [0.1, 0.15) is 34.6 Å². The standard InChI is InChI=1S/C16H19FN4O/c1-9-10(2)20-15-13(7-11(17)8-14(15)19-9)16(22)21-12-3-5-18-6-4-12/h7-8,12,18H,3-6H2,1-2H3,(H,21,22). The van der Waals surface area contributed by atoms with Crippen molar-refractivity contribution in [3.05, 3.63) is 34.9 Å². The lowest BCUT2D eigenvalue weighted by Crippen LogP contribution is -2.42. The molecule has 1 aliphatic rings. The molecule has 1 aromatic heterocycles. The summed E-state index contributed by atoms with van der Waals surface area (Å²) >= 11 is 0. The first-order chi connectivity index (χ1) is 10.5. The zero-order valence-electron chi connectivity index (χ0n) is 12.7. The highest BCUT2D eigenvalue weighted by molar-refractivity contribution is 6.04. The number of carbonyl (C=O) groups excluding carboxylic acids is 1. The summed E-state index contributed by atoms with van der Waals surface area (Å²) in [7, 11) is 0. The van der Waals surface area contributed by atoms with Crippen LogP contribution in [0, 0.1) is 19.7 Å². The molecule has 0 aliphatic carbocycles. The average molecular weight is 302 g/mol. The Labute approximate surface area is 128 Å². The Bertz CT molecular complexity index is 726. The molecule has 3 rings (SSSR count). The molecule has 1 saturated heterocycles. The maximum absolute atomic E-state index is 13.8. The smallest absolute Gasteiger partial charge is 0.253 e. The highest BCUT2D eigenvalue weighted by Crippen LogP contribution is 2.19. The molecule has 2 N–H and O–H groups in total. The first kappa shape index (κ1) is 14.8. The van der Waals surface area contributed by atoms with E-state index in [2.05, 4.69) is 20.6 Å². The Morgan fingerprint density at radius 2 is 1.91 bits per heavy atom. The van der Waals surface area contributed by atoms with Crippen molar-refractivity contribution < 1.29 is 9.18 Å². The normalized spacial score (nSPS) is 16.0. The van der Waals surface area contributed by atoms with Gasteiger partial charge in [-0.05, 0) is 45.8 Å². The molecular formula is C16H19FN4O. The minimum Gasteiger partial charge on any atom is -0.349 e. The number of rotatable bonds is 2. The number of hydrogen-bond acceptors (Lipinski definition) is 4. The topological polar surface area (TPSA) is 66.9 Å². The van der Waals surface area contributed by atoms with Gasteiger partial charge in [-0.15, -0.1) is 0 Å². The van der Waals surface area contributed by atoms with Crippen LogP contribution in [-0.4, -0.2) is 35.0 Å². The molecular weight excluding hydrogens is 283 g/mol. The molecule has 5 nitrogen and oxygen atoms in total. The Morgan fingerprint density at radius 1 is 1.23 bits per heavy atom. The van der Waals surface area contributed by atoms with Gasteiger partial charge in [0.05, 0.1) is 22.5 Å². The molecule has 1 fully saturated rings. The SMILES string of the molecule is Cc1nc2cc(F)cc(C(=O)NC3CCNCC3)c2nc1C. The second kappa shape index (κ2) is 5.96. The van der Waals surface area contributed by atoms with Crippen LogP contribution in [0.4, 0.5) is 4.39 Å². The van der Waals surface area contributed by atoms with E-state index in [9.17, 15) is 9.18 Å². The van der Waals surface area contributed by atoms with Crippen LogP contribution >= 0.6 is 0 Å². The number of amides is 1. The third-order valence-electron chi connectivity index (χ3n) is 4.06. The first-order valence-corrected chi connectivity index (χ1v) is 7.50. The molecule has 0 saturated carbocycles. The molecule has 1 aromatic carbocycles. The van der Waals surface area contributed by atoms with Crippen LogP contribution in [0.3, 0.4) is 0 Å². The fraction of sp³-hybridized carbons (Fsp3) is 0.438. The molecule has 1 amide bonds. The molecule has 2 aromatic rings. The third kappa shape index (κ3) is 2.92. The van der Waals surface area contributed by atoms with Gasteiger partial charge >= 0.3 is 0 Å². The lowest BCUT2D eigenvalue weighted by atomic mass is 10.1. The van der Waals surface area contributed by atoms with Crippen molar-refractivity contribution >= 4 is 16.9 Å². The zero-order valence-corrected chi connectivity index (χ0v) is 12.7. The summed E-state index contributed by atoms with van der Waals surface area (Å²) in [6.07, 6.45) is 1.76. The van der Waals surface area contributed by atoms with Gasteiger partial charge in [0.2, 0.25) is 0 Å². The number of hydrogen-bond donors (Lipinski definition) is 2. The maximum Gasteiger partial charge on any atom is 0.253 e. The lowest BCUT2D eigenvalue weighted by molar-refractivity contribution is 0.0930. The van der Waals surface area contributed by atoms with E-state index in [0.29, 0.717) is 11.0 Å². The van der Waals surface area contributed by atoms with E-state index in [4.69, 9.17) is 0 Å². The average Bonchev–Trinajstić information content (AvgIpc) is 2.49. The molecule has 22 heavy (non-hydrogen) atoms. The second-order valence-electron chi connectivity index (χ2n) is 5.71. The number of aryl methyl sites for hydroxylation is 2. The molecule has 0 spiro atoms. The third-order valence-corrected chi connectivity index (χ3v) is 4.06. The van der Waals surface area contributed by atoms with Gasteiger partial charge in [-0.3, -0.25) is 4.79 Å². The number of carbonyl (C=O) groups is 1. The molecule has 1 aliphatic heterocycles. The Morgan fingerprint density at radius 3 is 2.64 bits per heavy atom. The number of benzene rings is 1. The Hall–Kier alpha value is -2.08. The lowest BCUT2D eigenvalue weighted by Gasteiger charge is -2.23. The summed E-state index contributed by atoms with van der Waals surface area (Å²) in [6, 6.07) is 2.67. The van der Waals surface area contributed by atoms with Crippen molar-refractivity contribution in [1.82, 2.24) is 20.6 Å². The largest absolute Gasteiger partial charge is 0.349 e. The molecule has 6 heteroatoms. The van der Waals surface area contributed by atoms with Crippen molar-refractivity contribution in [3.8, 4) is 0 Å². The maximum atomic E-state index is 13.8. The predicted octanol–water partition coefficient (Wildman–Crippen LogP) is 1.87. The van der Waals surface area contributed by atoms with E-state index >= 15 is 0 Å². The van der Waals surface area contributed by atoms with E-state index in [1.165, 1.54) is 12.1 Å². The number of piperidine rings is 1. The molecule has 0 atom stereocenters. The van der Waals surface area contributed by atoms with Gasteiger partial charge in [0.1, 0.15) is 11.3 Å². The molecule has 0 bridgehead atoms. The van der Waals surface area contributed by atoms with Crippen LogP contribution < -0.4 is 10.6 Å². The second-order valence-corrected chi connectivity index (χ2v) is 5.71. The van der Waals surface area contributed by atoms with Gasteiger partial charge in [0.25, 0.3) is 5.91 Å². The van der Waals surface area contributed by atoms with Crippen molar-refractivity contribution in [2.75, 3.05) is 13.1 Å². The minimum absolute atomic E-state index is 0.117. The van der Waals surface area contributed by atoms with Crippen molar-refractivity contribution in [2.45, 2.75) is 32.7 Å². The van der Waals surface area contributed by atoms with Crippen LogP contribution in [0.15, 0.2) is 12.1 Å². The number of halogens is 1. The summed E-state index contributed by atoms with van der Waals surface area (Å²) < 4.78 is 13.8.